The molecule has 23 heavy (non-hydrogen) atoms. The summed E-state index contributed by atoms with van der Waals surface area (Å²) in [5, 5.41) is 0.494. The minimum absolute atomic E-state index is 0.324. The number of carbonyl (C=O) groups excluding carboxylic acids is 1. The topological polar surface area (TPSA) is 43.6 Å². The van der Waals surface area contributed by atoms with Crippen molar-refractivity contribution in [2.75, 3.05) is 7.11 Å². The molecule has 0 saturated heterocycles. The van der Waals surface area contributed by atoms with Gasteiger partial charge in [-0.15, -0.1) is 11.3 Å². The van der Waals surface area contributed by atoms with Crippen molar-refractivity contribution in [1.29, 1.82) is 0 Å². The van der Waals surface area contributed by atoms with Crippen LogP contribution < -0.4 is 9.54 Å². The van der Waals surface area contributed by atoms with Crippen LogP contribution in [-0.2, 0) is 6.54 Å². The van der Waals surface area contributed by atoms with Crippen molar-refractivity contribution in [3.05, 3.63) is 44.2 Å². The molecule has 0 N–H and O–H groups in total. The van der Waals surface area contributed by atoms with Crippen molar-refractivity contribution in [2.24, 2.45) is 10.9 Å². The standard InChI is InChI=1S/C17H19ClN2O2S/c1-10-11(2)23-17(20(10)9-12-4-5-12)19-16(21)14-8-13(18)6-7-15(14)22-3/h6-8,12H,4-5,9H2,1-3H3/b19-17-. The molecule has 0 unspecified atom stereocenters. The number of methoxy groups -OCH3 is 1. The predicted molar refractivity (Wildman–Crippen MR) is 92.4 cm³/mol. The molecule has 4 nitrogen and oxygen atoms in total. The number of amides is 1. The van der Waals surface area contributed by atoms with Crippen LogP contribution in [0.1, 0.15) is 33.8 Å². The van der Waals surface area contributed by atoms with Gasteiger partial charge in [0.1, 0.15) is 5.75 Å². The third-order valence-corrected chi connectivity index (χ3v) is 5.45. The summed E-state index contributed by atoms with van der Waals surface area (Å²) >= 11 is 7.56. The Morgan fingerprint density at radius 3 is 2.83 bits per heavy atom. The van der Waals surface area contributed by atoms with Crippen LogP contribution in [0, 0.1) is 19.8 Å². The van der Waals surface area contributed by atoms with Crippen LogP contribution in [0.4, 0.5) is 0 Å². The van der Waals surface area contributed by atoms with E-state index in [1.807, 2.05) is 0 Å². The van der Waals surface area contributed by atoms with Crippen LogP contribution in [0.25, 0.3) is 0 Å². The molecule has 2 aromatic rings. The highest BCUT2D eigenvalue weighted by atomic mass is 35.5. The molecule has 1 aliphatic rings. The summed E-state index contributed by atoms with van der Waals surface area (Å²) in [4.78, 5) is 18.9. The largest absolute Gasteiger partial charge is 0.496 e. The second-order valence-corrected chi connectivity index (χ2v) is 7.46. The fourth-order valence-corrected chi connectivity index (χ4v) is 3.60. The van der Waals surface area contributed by atoms with E-state index < -0.39 is 0 Å². The molecule has 0 bridgehead atoms. The third kappa shape index (κ3) is 3.51. The number of aromatic nitrogens is 1. The predicted octanol–water partition coefficient (Wildman–Crippen LogP) is 3.98. The summed E-state index contributed by atoms with van der Waals surface area (Å²) in [6.07, 6.45) is 2.52. The molecule has 1 amide bonds. The normalized spacial score (nSPS) is 15.0. The van der Waals surface area contributed by atoms with Gasteiger partial charge in [0, 0.05) is 22.1 Å². The smallest absolute Gasteiger partial charge is 0.283 e. The van der Waals surface area contributed by atoms with E-state index in [0.717, 1.165) is 17.3 Å². The quantitative estimate of drug-likeness (QED) is 0.837. The Morgan fingerprint density at radius 2 is 2.17 bits per heavy atom. The Balaban J connectivity index is 2.03. The number of carbonyl (C=O) groups is 1. The first-order valence-corrected chi connectivity index (χ1v) is 8.78. The van der Waals surface area contributed by atoms with Crippen molar-refractivity contribution < 1.29 is 9.53 Å². The number of benzene rings is 1. The van der Waals surface area contributed by atoms with E-state index in [1.165, 1.54) is 30.5 Å². The van der Waals surface area contributed by atoms with Gasteiger partial charge in [0.15, 0.2) is 4.80 Å². The first kappa shape index (κ1) is 16.3. The van der Waals surface area contributed by atoms with Gasteiger partial charge in [-0.05, 0) is 50.8 Å². The molecule has 1 heterocycles. The molecule has 0 atom stereocenters. The van der Waals surface area contributed by atoms with Gasteiger partial charge in [-0.2, -0.15) is 4.99 Å². The lowest BCUT2D eigenvalue weighted by Gasteiger charge is -2.06. The molecule has 0 spiro atoms. The molecule has 0 radical (unpaired) electrons. The van der Waals surface area contributed by atoms with Crippen molar-refractivity contribution in [1.82, 2.24) is 4.57 Å². The van der Waals surface area contributed by atoms with Gasteiger partial charge in [0.25, 0.3) is 5.91 Å². The maximum absolute atomic E-state index is 12.6. The number of nitrogens with zero attached hydrogens (tertiary/aromatic N) is 2. The van der Waals surface area contributed by atoms with Crippen LogP contribution in [0.15, 0.2) is 23.2 Å². The van der Waals surface area contributed by atoms with E-state index in [-0.39, 0.29) is 5.91 Å². The van der Waals surface area contributed by atoms with Crippen LogP contribution in [0.2, 0.25) is 5.02 Å². The molecular weight excluding hydrogens is 332 g/mol. The number of hydrogen-bond donors (Lipinski definition) is 0. The second-order valence-electron chi connectivity index (χ2n) is 5.84. The Labute approximate surface area is 144 Å². The van der Waals surface area contributed by atoms with E-state index in [0.29, 0.717) is 16.3 Å². The van der Waals surface area contributed by atoms with Crippen molar-refractivity contribution in [3.8, 4) is 5.75 Å². The van der Waals surface area contributed by atoms with E-state index in [1.54, 1.807) is 29.5 Å². The Hall–Kier alpha value is -1.59. The highest BCUT2D eigenvalue weighted by Gasteiger charge is 2.23. The first-order chi connectivity index (χ1) is 11.0. The molecule has 1 aliphatic carbocycles. The van der Waals surface area contributed by atoms with Crippen LogP contribution in [0.3, 0.4) is 0 Å². The molecule has 1 saturated carbocycles. The summed E-state index contributed by atoms with van der Waals surface area (Å²) < 4.78 is 7.41. The monoisotopic (exact) mass is 350 g/mol. The maximum atomic E-state index is 12.6. The van der Waals surface area contributed by atoms with Crippen LogP contribution in [0.5, 0.6) is 5.75 Å². The molecule has 1 fully saturated rings. The third-order valence-electron chi connectivity index (χ3n) is 4.12. The molecule has 3 rings (SSSR count). The highest BCUT2D eigenvalue weighted by Crippen LogP contribution is 2.31. The zero-order valence-corrected chi connectivity index (χ0v) is 15.0. The lowest BCUT2D eigenvalue weighted by atomic mass is 10.2. The second kappa shape index (κ2) is 6.49. The van der Waals surface area contributed by atoms with Crippen molar-refractivity contribution in [2.45, 2.75) is 33.2 Å². The summed E-state index contributed by atoms with van der Waals surface area (Å²) in [5.74, 6) is 0.884. The van der Waals surface area contributed by atoms with Gasteiger partial charge >= 0.3 is 0 Å². The Bertz CT molecular complexity index is 818. The fourth-order valence-electron chi connectivity index (χ4n) is 2.45. The number of aryl methyl sites for hydroxylation is 1. The maximum Gasteiger partial charge on any atom is 0.283 e. The summed E-state index contributed by atoms with van der Waals surface area (Å²) in [6.45, 7) is 5.08. The van der Waals surface area contributed by atoms with E-state index >= 15 is 0 Å². The highest BCUT2D eigenvalue weighted by molar-refractivity contribution is 7.09. The first-order valence-electron chi connectivity index (χ1n) is 7.59. The summed E-state index contributed by atoms with van der Waals surface area (Å²) in [6, 6.07) is 4.99. The van der Waals surface area contributed by atoms with E-state index in [9.17, 15) is 4.79 Å². The molecule has 1 aromatic heterocycles. The molecule has 122 valence electrons. The number of hydrogen-bond acceptors (Lipinski definition) is 3. The van der Waals surface area contributed by atoms with Crippen molar-refractivity contribution in [3.63, 3.8) is 0 Å². The van der Waals surface area contributed by atoms with E-state index in [4.69, 9.17) is 16.3 Å². The van der Waals surface area contributed by atoms with Gasteiger partial charge in [-0.3, -0.25) is 4.79 Å². The molecule has 0 aliphatic heterocycles. The van der Waals surface area contributed by atoms with Crippen molar-refractivity contribution >= 4 is 28.8 Å². The van der Waals surface area contributed by atoms with Crippen LogP contribution in [-0.4, -0.2) is 17.6 Å². The van der Waals surface area contributed by atoms with E-state index in [2.05, 4.69) is 23.4 Å². The van der Waals surface area contributed by atoms with Gasteiger partial charge in [0.05, 0.1) is 12.7 Å². The SMILES string of the molecule is COc1ccc(Cl)cc1C(=O)/N=c1\sc(C)c(C)n1CC1CC1. The molecule has 1 aromatic carbocycles. The van der Waals surface area contributed by atoms with Gasteiger partial charge < -0.3 is 9.30 Å². The van der Waals surface area contributed by atoms with Gasteiger partial charge in [-0.1, -0.05) is 11.6 Å². The number of thiazole rings is 1. The number of rotatable bonds is 4. The van der Waals surface area contributed by atoms with Gasteiger partial charge in [0.2, 0.25) is 0 Å². The summed E-state index contributed by atoms with van der Waals surface area (Å²) in [7, 11) is 1.53. The average Bonchev–Trinajstić information content (AvgIpc) is 3.30. The average molecular weight is 351 g/mol. The van der Waals surface area contributed by atoms with Gasteiger partial charge in [-0.25, -0.2) is 0 Å². The minimum atomic E-state index is -0.324. The molecular formula is C17H19ClN2O2S. The summed E-state index contributed by atoms with van der Waals surface area (Å²) in [5.41, 5.74) is 1.58. The Kier molecular flexibility index (Phi) is 4.60. The lowest BCUT2D eigenvalue weighted by molar-refractivity contribution is 0.0994. The minimum Gasteiger partial charge on any atom is -0.496 e. The zero-order chi connectivity index (χ0) is 16.6. The Morgan fingerprint density at radius 1 is 1.43 bits per heavy atom. The van der Waals surface area contributed by atoms with Crippen LogP contribution >= 0.6 is 22.9 Å². The number of halogens is 1. The lowest BCUT2D eigenvalue weighted by Crippen LogP contribution is -2.19. The molecule has 6 heteroatoms. The fraction of sp³-hybridized carbons (Fsp3) is 0.412. The number of ether oxygens (including phenoxy) is 1. The zero-order valence-electron chi connectivity index (χ0n) is 13.4.